The molecule has 28 heavy (non-hydrogen) atoms. The van der Waals surface area contributed by atoms with Gasteiger partial charge in [-0.15, -0.1) is 13.2 Å². The van der Waals surface area contributed by atoms with Gasteiger partial charge in [-0.1, -0.05) is 6.07 Å². The van der Waals surface area contributed by atoms with Crippen LogP contribution in [-0.2, 0) is 0 Å². The second kappa shape index (κ2) is 7.78. The number of nitrogens with one attached hydrogen (secondary N) is 1. The summed E-state index contributed by atoms with van der Waals surface area (Å²) in [5.41, 5.74) is 0.201. The Morgan fingerprint density at radius 2 is 1.82 bits per heavy atom. The standard InChI is InChI=1S/C17H11F3N4O4/c18-17(19,20)28-13-4-1-3-12(9-13)27-15-7-6-11(10-22-15)23-16-14(24(25)26)5-2-8-21-16/h1-10H,(H,21,23). The minimum Gasteiger partial charge on any atom is -0.439 e. The van der Waals surface area contributed by atoms with Crippen molar-refractivity contribution in [1.82, 2.24) is 9.97 Å². The van der Waals surface area contributed by atoms with E-state index >= 15 is 0 Å². The number of hydrogen-bond acceptors (Lipinski definition) is 7. The first-order chi connectivity index (χ1) is 13.3. The highest BCUT2D eigenvalue weighted by Gasteiger charge is 2.31. The Kier molecular flexibility index (Phi) is 5.25. The van der Waals surface area contributed by atoms with E-state index in [-0.39, 0.29) is 23.1 Å². The first kappa shape index (κ1) is 18.9. The zero-order valence-corrected chi connectivity index (χ0v) is 13.9. The first-order valence-electron chi connectivity index (χ1n) is 7.66. The highest BCUT2D eigenvalue weighted by atomic mass is 19.4. The number of anilines is 2. The molecule has 0 saturated carbocycles. The van der Waals surface area contributed by atoms with E-state index in [9.17, 15) is 23.3 Å². The van der Waals surface area contributed by atoms with Gasteiger partial charge in [0.2, 0.25) is 11.7 Å². The van der Waals surface area contributed by atoms with Crippen molar-refractivity contribution in [3.8, 4) is 17.4 Å². The third kappa shape index (κ3) is 5.06. The summed E-state index contributed by atoms with van der Waals surface area (Å²) in [6, 6.07) is 10.7. The molecule has 3 aromatic rings. The molecular formula is C17H11F3N4O4. The van der Waals surface area contributed by atoms with Crippen molar-refractivity contribution < 1.29 is 27.6 Å². The van der Waals surface area contributed by atoms with Crippen molar-refractivity contribution in [3.63, 3.8) is 0 Å². The maximum absolute atomic E-state index is 12.3. The van der Waals surface area contributed by atoms with Crippen LogP contribution in [0.4, 0.5) is 30.4 Å². The zero-order chi connectivity index (χ0) is 20.1. The van der Waals surface area contributed by atoms with Gasteiger partial charge < -0.3 is 14.8 Å². The zero-order valence-electron chi connectivity index (χ0n) is 13.9. The molecule has 144 valence electrons. The summed E-state index contributed by atoms with van der Waals surface area (Å²) in [5.74, 6) is -0.189. The molecule has 0 fully saturated rings. The number of nitrogens with zero attached hydrogens (tertiary/aromatic N) is 3. The van der Waals surface area contributed by atoms with Crippen LogP contribution < -0.4 is 14.8 Å². The van der Waals surface area contributed by atoms with Crippen LogP contribution in [0.2, 0.25) is 0 Å². The van der Waals surface area contributed by atoms with Gasteiger partial charge in [0.1, 0.15) is 11.5 Å². The largest absolute Gasteiger partial charge is 0.573 e. The van der Waals surface area contributed by atoms with Crippen LogP contribution >= 0.6 is 0 Å². The molecule has 0 bridgehead atoms. The molecule has 1 aromatic carbocycles. The van der Waals surface area contributed by atoms with Crippen molar-refractivity contribution in [3.05, 3.63) is 71.0 Å². The molecule has 1 N–H and O–H groups in total. The Labute approximate surface area is 155 Å². The minimum absolute atomic E-state index is 0.0416. The smallest absolute Gasteiger partial charge is 0.439 e. The normalized spacial score (nSPS) is 11.0. The fourth-order valence-corrected chi connectivity index (χ4v) is 2.15. The van der Waals surface area contributed by atoms with E-state index in [1.807, 2.05) is 0 Å². The molecular weight excluding hydrogens is 381 g/mol. The quantitative estimate of drug-likeness (QED) is 0.474. The molecule has 2 aromatic heterocycles. The lowest BCUT2D eigenvalue weighted by atomic mass is 10.3. The SMILES string of the molecule is O=[N+]([O-])c1cccnc1Nc1ccc(Oc2cccc(OC(F)(F)F)c2)nc1. The molecule has 11 heteroatoms. The summed E-state index contributed by atoms with van der Waals surface area (Å²) in [5, 5.41) is 13.8. The third-order valence-electron chi connectivity index (χ3n) is 3.24. The molecule has 0 aliphatic heterocycles. The third-order valence-corrected chi connectivity index (χ3v) is 3.24. The van der Waals surface area contributed by atoms with Crippen molar-refractivity contribution >= 4 is 17.2 Å². The Morgan fingerprint density at radius 1 is 1.04 bits per heavy atom. The molecule has 3 rings (SSSR count). The van der Waals surface area contributed by atoms with E-state index < -0.39 is 17.0 Å². The van der Waals surface area contributed by atoms with Gasteiger partial charge in [-0.05, 0) is 24.3 Å². The molecule has 0 radical (unpaired) electrons. The van der Waals surface area contributed by atoms with Gasteiger partial charge in [-0.2, -0.15) is 0 Å². The predicted octanol–water partition coefficient (Wildman–Crippen LogP) is 4.82. The van der Waals surface area contributed by atoms with Gasteiger partial charge in [0.15, 0.2) is 0 Å². The Morgan fingerprint density at radius 3 is 2.50 bits per heavy atom. The fourth-order valence-electron chi connectivity index (χ4n) is 2.15. The molecule has 8 nitrogen and oxygen atoms in total. The van der Waals surface area contributed by atoms with Crippen molar-refractivity contribution in [1.29, 1.82) is 0 Å². The van der Waals surface area contributed by atoms with Crippen molar-refractivity contribution in [2.75, 3.05) is 5.32 Å². The van der Waals surface area contributed by atoms with Crippen molar-refractivity contribution in [2.24, 2.45) is 0 Å². The molecule has 0 unspecified atom stereocenters. The second-order valence-electron chi connectivity index (χ2n) is 5.26. The number of halogens is 3. The van der Waals surface area contributed by atoms with E-state index in [4.69, 9.17) is 4.74 Å². The number of benzene rings is 1. The Bertz CT molecular complexity index is 981. The van der Waals surface area contributed by atoms with E-state index in [2.05, 4.69) is 20.0 Å². The summed E-state index contributed by atoms with van der Waals surface area (Å²) in [4.78, 5) is 18.3. The number of alkyl halides is 3. The van der Waals surface area contributed by atoms with Gasteiger partial charge in [-0.25, -0.2) is 9.97 Å². The lowest BCUT2D eigenvalue weighted by Gasteiger charge is -2.11. The number of pyridine rings is 2. The monoisotopic (exact) mass is 392 g/mol. The first-order valence-corrected chi connectivity index (χ1v) is 7.66. The average Bonchev–Trinajstić information content (AvgIpc) is 2.62. The summed E-state index contributed by atoms with van der Waals surface area (Å²) < 4.78 is 46.0. The highest BCUT2D eigenvalue weighted by Crippen LogP contribution is 2.29. The molecule has 2 heterocycles. The lowest BCUT2D eigenvalue weighted by Crippen LogP contribution is -2.17. The lowest BCUT2D eigenvalue weighted by molar-refractivity contribution is -0.384. The number of ether oxygens (including phenoxy) is 2. The summed E-state index contributed by atoms with van der Waals surface area (Å²) >= 11 is 0. The van der Waals surface area contributed by atoms with E-state index in [0.717, 1.165) is 12.1 Å². The van der Waals surface area contributed by atoms with Crippen LogP contribution in [0.1, 0.15) is 0 Å². The maximum Gasteiger partial charge on any atom is 0.573 e. The maximum atomic E-state index is 12.3. The van der Waals surface area contributed by atoms with Crippen LogP contribution in [0, 0.1) is 10.1 Å². The molecule has 0 spiro atoms. The van der Waals surface area contributed by atoms with Crippen LogP contribution in [-0.4, -0.2) is 21.3 Å². The van der Waals surface area contributed by atoms with Crippen LogP contribution in [0.3, 0.4) is 0 Å². The molecule has 0 atom stereocenters. The summed E-state index contributed by atoms with van der Waals surface area (Å²) in [7, 11) is 0. The predicted molar refractivity (Wildman–Crippen MR) is 91.6 cm³/mol. The van der Waals surface area contributed by atoms with Gasteiger partial charge >= 0.3 is 12.0 Å². The molecule has 0 saturated heterocycles. The molecule has 0 aliphatic rings. The molecule has 0 amide bonds. The fraction of sp³-hybridized carbons (Fsp3) is 0.0588. The second-order valence-corrected chi connectivity index (χ2v) is 5.26. The topological polar surface area (TPSA) is 99.4 Å². The number of hydrogen-bond donors (Lipinski definition) is 1. The number of rotatable bonds is 6. The van der Waals surface area contributed by atoms with Gasteiger partial charge in [0.25, 0.3) is 0 Å². The summed E-state index contributed by atoms with van der Waals surface area (Å²) in [6.45, 7) is 0. The molecule has 0 aliphatic carbocycles. The number of nitro groups is 1. The van der Waals surface area contributed by atoms with Gasteiger partial charge in [-0.3, -0.25) is 10.1 Å². The van der Waals surface area contributed by atoms with Crippen molar-refractivity contribution in [2.45, 2.75) is 6.36 Å². The minimum atomic E-state index is -4.81. The van der Waals surface area contributed by atoms with E-state index in [1.165, 1.54) is 48.8 Å². The Balaban J connectivity index is 1.70. The van der Waals surface area contributed by atoms with E-state index in [0.29, 0.717) is 5.69 Å². The average molecular weight is 392 g/mol. The van der Waals surface area contributed by atoms with Gasteiger partial charge in [0, 0.05) is 24.4 Å². The van der Waals surface area contributed by atoms with Crippen LogP contribution in [0.25, 0.3) is 0 Å². The van der Waals surface area contributed by atoms with Crippen LogP contribution in [0.5, 0.6) is 17.4 Å². The van der Waals surface area contributed by atoms with E-state index in [1.54, 1.807) is 0 Å². The number of aromatic nitrogens is 2. The van der Waals surface area contributed by atoms with Gasteiger partial charge in [0.05, 0.1) is 16.8 Å². The Hall–Kier alpha value is -3.89. The highest BCUT2D eigenvalue weighted by molar-refractivity contribution is 5.64. The summed E-state index contributed by atoms with van der Waals surface area (Å²) in [6.07, 6.45) is -2.07. The van der Waals surface area contributed by atoms with Crippen LogP contribution in [0.15, 0.2) is 60.9 Å².